The molecule has 0 aromatic heterocycles. The van der Waals surface area contributed by atoms with Gasteiger partial charge in [0.1, 0.15) is 23.2 Å². The zero-order chi connectivity index (χ0) is 26.6. The molecule has 5 rings (SSSR count). The Morgan fingerprint density at radius 1 is 1.05 bits per heavy atom. The number of nitrogens with zero attached hydrogens (tertiary/aromatic N) is 2. The maximum Gasteiger partial charge on any atom is 0.313 e. The van der Waals surface area contributed by atoms with Crippen molar-refractivity contribution < 1.29 is 29.0 Å². The molecule has 8 nitrogen and oxygen atoms in total. The quantitative estimate of drug-likeness (QED) is 0.496. The van der Waals surface area contributed by atoms with Gasteiger partial charge >= 0.3 is 5.97 Å². The van der Waals surface area contributed by atoms with E-state index in [0.29, 0.717) is 24.9 Å². The molecule has 37 heavy (non-hydrogen) atoms. The maximum absolute atomic E-state index is 14.5. The maximum atomic E-state index is 14.5. The Balaban J connectivity index is 1.74. The number of fused-ring (bicyclic) bond motifs is 2. The fourth-order valence-electron chi connectivity index (χ4n) is 6.64. The topological polar surface area (TPSA) is 96.4 Å². The predicted octanol–water partition coefficient (Wildman–Crippen LogP) is 2.78. The summed E-state index contributed by atoms with van der Waals surface area (Å²) in [6.45, 7) is 7.97. The first-order valence-corrected chi connectivity index (χ1v) is 13.1. The minimum atomic E-state index is -1.38. The van der Waals surface area contributed by atoms with Crippen molar-refractivity contribution in [2.24, 2.45) is 11.8 Å². The van der Waals surface area contributed by atoms with E-state index >= 15 is 0 Å². The van der Waals surface area contributed by atoms with E-state index in [4.69, 9.17) is 9.47 Å². The third-order valence-electron chi connectivity index (χ3n) is 8.34. The number of carbonyl (C=O) groups excluding carboxylic acids is 3. The van der Waals surface area contributed by atoms with Gasteiger partial charge in [0.05, 0.1) is 25.2 Å². The van der Waals surface area contributed by atoms with Crippen LogP contribution in [0.3, 0.4) is 0 Å². The number of carbonyl (C=O) groups is 3. The Bertz CT molecular complexity index is 1140. The molecule has 1 N–H and O–H groups in total. The van der Waals surface area contributed by atoms with Crippen LogP contribution in [0.25, 0.3) is 0 Å². The lowest BCUT2D eigenvalue weighted by Gasteiger charge is -2.43. The van der Waals surface area contributed by atoms with E-state index in [9.17, 15) is 19.5 Å². The highest BCUT2D eigenvalue weighted by atomic mass is 16.6. The van der Waals surface area contributed by atoms with Gasteiger partial charge in [-0.05, 0) is 39.2 Å². The van der Waals surface area contributed by atoms with E-state index in [0.717, 1.165) is 0 Å². The van der Waals surface area contributed by atoms with Crippen LogP contribution in [0, 0.1) is 11.8 Å². The van der Waals surface area contributed by atoms with Gasteiger partial charge < -0.3 is 24.4 Å². The van der Waals surface area contributed by atoms with Crippen LogP contribution in [0.2, 0.25) is 0 Å². The standard InChI is InChI=1S/C29H36N2O6/c1-5-28-14-9-10-17-36-26(35)22(28)21-24(33)31(20(18-32)19-12-7-6-8-13-19)23-25(34)30(27(2,3)4)16-11-15-29(21,23)37-28/h6-9,11-15,20-23,32H,5,10,16-18H2,1-4H3/t20-,21+,22+,23?,28-,29+/m1/s1. The monoisotopic (exact) mass is 508 g/mol. The molecule has 4 heterocycles. The number of likely N-dealkylation sites (tertiary alicyclic amines) is 1. The van der Waals surface area contributed by atoms with Crippen molar-refractivity contribution in [3.63, 3.8) is 0 Å². The molecule has 0 bridgehead atoms. The minimum absolute atomic E-state index is 0.225. The van der Waals surface area contributed by atoms with Crippen molar-refractivity contribution in [1.82, 2.24) is 9.80 Å². The van der Waals surface area contributed by atoms with E-state index in [1.54, 1.807) is 4.90 Å². The lowest BCUT2D eigenvalue weighted by molar-refractivity contribution is -0.164. The summed E-state index contributed by atoms with van der Waals surface area (Å²) in [7, 11) is 0. The number of hydrogen-bond acceptors (Lipinski definition) is 6. The highest BCUT2D eigenvalue weighted by molar-refractivity contribution is 5.99. The van der Waals surface area contributed by atoms with Gasteiger partial charge in [0.25, 0.3) is 0 Å². The van der Waals surface area contributed by atoms with Gasteiger partial charge in [-0.3, -0.25) is 14.4 Å². The number of amides is 2. The van der Waals surface area contributed by atoms with Crippen LogP contribution >= 0.6 is 0 Å². The average Bonchev–Trinajstić information content (AvgIpc) is 3.20. The largest absolute Gasteiger partial charge is 0.465 e. The first-order chi connectivity index (χ1) is 17.6. The van der Waals surface area contributed by atoms with Gasteiger partial charge in [-0.15, -0.1) is 0 Å². The van der Waals surface area contributed by atoms with Gasteiger partial charge in [0.2, 0.25) is 11.8 Å². The van der Waals surface area contributed by atoms with E-state index in [2.05, 4.69) is 0 Å². The molecule has 6 atom stereocenters. The van der Waals surface area contributed by atoms with Crippen LogP contribution in [0.4, 0.5) is 0 Å². The summed E-state index contributed by atoms with van der Waals surface area (Å²) in [4.78, 5) is 45.6. The smallest absolute Gasteiger partial charge is 0.313 e. The third-order valence-corrected chi connectivity index (χ3v) is 8.34. The molecular formula is C29H36N2O6. The summed E-state index contributed by atoms with van der Waals surface area (Å²) in [5.74, 6) is -3.01. The second-order valence-corrected chi connectivity index (χ2v) is 11.4. The fourth-order valence-corrected chi connectivity index (χ4v) is 6.64. The average molecular weight is 509 g/mol. The number of ether oxygens (including phenoxy) is 2. The van der Waals surface area contributed by atoms with Crippen molar-refractivity contribution >= 4 is 17.8 Å². The molecule has 1 spiro atoms. The van der Waals surface area contributed by atoms with Gasteiger partial charge in [0.15, 0.2) is 0 Å². The molecule has 1 aromatic carbocycles. The number of hydrogen-bond donors (Lipinski definition) is 1. The summed E-state index contributed by atoms with van der Waals surface area (Å²) >= 11 is 0. The first kappa shape index (κ1) is 25.7. The van der Waals surface area contributed by atoms with Crippen molar-refractivity contribution in [2.45, 2.75) is 69.4 Å². The second-order valence-electron chi connectivity index (χ2n) is 11.4. The fraction of sp³-hybridized carbons (Fsp3) is 0.552. The van der Waals surface area contributed by atoms with Crippen LogP contribution < -0.4 is 0 Å². The number of aliphatic hydroxyl groups excluding tert-OH is 1. The zero-order valence-electron chi connectivity index (χ0n) is 21.9. The van der Waals surface area contributed by atoms with Crippen molar-refractivity contribution in [1.29, 1.82) is 0 Å². The molecular weight excluding hydrogens is 472 g/mol. The highest BCUT2D eigenvalue weighted by Crippen LogP contribution is 2.59. The first-order valence-electron chi connectivity index (χ1n) is 13.1. The van der Waals surface area contributed by atoms with Gasteiger partial charge in [-0.25, -0.2) is 0 Å². The molecule has 0 radical (unpaired) electrons. The molecule has 8 heteroatoms. The van der Waals surface area contributed by atoms with Crippen LogP contribution in [0.15, 0.2) is 54.6 Å². The lowest BCUT2D eigenvalue weighted by Crippen LogP contribution is -2.59. The predicted molar refractivity (Wildman–Crippen MR) is 136 cm³/mol. The van der Waals surface area contributed by atoms with Crippen LogP contribution in [0.1, 0.15) is 52.1 Å². The SMILES string of the molecule is CC[C@@]12C=CCCOC(=O)[C@@H]1[C@H]1C(=O)N([C@H](CO)c3ccccc3)C3C(=O)N(C(C)(C)C)CC=C[C@@]31O2. The minimum Gasteiger partial charge on any atom is -0.465 e. The summed E-state index contributed by atoms with van der Waals surface area (Å²) in [5, 5.41) is 10.6. The molecule has 198 valence electrons. The Morgan fingerprint density at radius 3 is 2.43 bits per heavy atom. The third kappa shape index (κ3) is 3.76. The van der Waals surface area contributed by atoms with E-state index in [1.807, 2.05) is 82.3 Å². The highest BCUT2D eigenvalue weighted by Gasteiger charge is 2.76. The van der Waals surface area contributed by atoms with Gasteiger partial charge in [0, 0.05) is 12.1 Å². The Kier molecular flexibility index (Phi) is 6.31. The molecule has 4 aliphatic rings. The Hall–Kier alpha value is -2.97. The number of cyclic esters (lactones) is 1. The lowest BCUT2D eigenvalue weighted by atomic mass is 9.73. The Labute approximate surface area is 217 Å². The van der Waals surface area contributed by atoms with Crippen LogP contribution in [-0.4, -0.2) is 75.2 Å². The molecule has 1 unspecified atom stereocenters. The van der Waals surface area contributed by atoms with Crippen molar-refractivity contribution in [3.05, 3.63) is 60.2 Å². The van der Waals surface area contributed by atoms with Crippen LogP contribution in [0.5, 0.6) is 0 Å². The number of aliphatic hydroxyl groups is 1. The molecule has 2 amide bonds. The summed E-state index contributed by atoms with van der Waals surface area (Å²) in [5.41, 5.74) is -2.28. The summed E-state index contributed by atoms with van der Waals surface area (Å²) in [6.07, 6.45) is 8.52. The van der Waals surface area contributed by atoms with Gasteiger partial charge in [-0.1, -0.05) is 61.6 Å². The van der Waals surface area contributed by atoms with E-state index in [-0.39, 0.29) is 25.0 Å². The normalized spacial score (nSPS) is 34.3. The number of esters is 1. The molecule has 1 aromatic rings. The molecule has 4 aliphatic heterocycles. The van der Waals surface area contributed by atoms with Crippen molar-refractivity contribution in [3.8, 4) is 0 Å². The van der Waals surface area contributed by atoms with Crippen LogP contribution in [-0.2, 0) is 23.9 Å². The molecule has 0 aliphatic carbocycles. The summed E-state index contributed by atoms with van der Waals surface area (Å²) < 4.78 is 12.5. The second kappa shape index (κ2) is 9.10. The zero-order valence-corrected chi connectivity index (χ0v) is 21.9. The number of benzene rings is 1. The van der Waals surface area contributed by atoms with Crippen molar-refractivity contribution in [2.75, 3.05) is 19.8 Å². The summed E-state index contributed by atoms with van der Waals surface area (Å²) in [6, 6.07) is 7.35. The Morgan fingerprint density at radius 2 is 1.78 bits per heavy atom. The number of rotatable bonds is 4. The van der Waals surface area contributed by atoms with E-state index in [1.165, 1.54) is 4.90 Å². The van der Waals surface area contributed by atoms with Gasteiger partial charge in [-0.2, -0.15) is 0 Å². The van der Waals surface area contributed by atoms with E-state index < -0.39 is 46.6 Å². The molecule has 2 fully saturated rings. The molecule has 2 saturated heterocycles. The molecule has 0 saturated carbocycles.